The van der Waals surface area contributed by atoms with E-state index in [9.17, 15) is 0 Å². The highest BCUT2D eigenvalue weighted by Crippen LogP contribution is 2.24. The van der Waals surface area contributed by atoms with E-state index in [4.69, 9.17) is 10.00 Å². The fraction of sp³-hybridized carbons (Fsp3) is 0.250. The molecule has 0 saturated carbocycles. The Balaban J connectivity index is 2.44. The standard InChI is InChI=1S/C8H7N3O/c9-4-6-3-7-8(11-5-6)12-2-1-10-7/h3,5,10H,1-2H2. The molecule has 1 aliphatic rings. The zero-order chi connectivity index (χ0) is 8.39. The summed E-state index contributed by atoms with van der Waals surface area (Å²) in [7, 11) is 0. The van der Waals surface area contributed by atoms with E-state index in [0.29, 0.717) is 18.1 Å². The molecule has 0 saturated heterocycles. The van der Waals surface area contributed by atoms with Gasteiger partial charge in [-0.2, -0.15) is 5.26 Å². The molecule has 0 aliphatic carbocycles. The van der Waals surface area contributed by atoms with Crippen molar-refractivity contribution in [3.63, 3.8) is 0 Å². The number of nitriles is 1. The van der Waals surface area contributed by atoms with E-state index >= 15 is 0 Å². The topological polar surface area (TPSA) is 57.9 Å². The molecule has 60 valence electrons. The number of ether oxygens (including phenoxy) is 1. The van der Waals surface area contributed by atoms with Gasteiger partial charge in [0.15, 0.2) is 0 Å². The predicted molar refractivity (Wildman–Crippen MR) is 42.9 cm³/mol. The van der Waals surface area contributed by atoms with Gasteiger partial charge in [-0.15, -0.1) is 0 Å². The van der Waals surface area contributed by atoms with Gasteiger partial charge in [0, 0.05) is 12.7 Å². The number of hydrogen-bond acceptors (Lipinski definition) is 4. The van der Waals surface area contributed by atoms with Crippen LogP contribution in [0.5, 0.6) is 5.88 Å². The summed E-state index contributed by atoms with van der Waals surface area (Å²) >= 11 is 0. The van der Waals surface area contributed by atoms with Crippen LogP contribution in [0.4, 0.5) is 5.69 Å². The van der Waals surface area contributed by atoms with Gasteiger partial charge in [0.05, 0.1) is 11.3 Å². The Morgan fingerprint density at radius 1 is 1.67 bits per heavy atom. The fourth-order valence-electron chi connectivity index (χ4n) is 1.09. The maximum Gasteiger partial charge on any atom is 0.237 e. The lowest BCUT2D eigenvalue weighted by Gasteiger charge is -2.17. The summed E-state index contributed by atoms with van der Waals surface area (Å²) in [4.78, 5) is 3.98. The SMILES string of the molecule is N#Cc1cnc2c(c1)NCCO2. The molecule has 12 heavy (non-hydrogen) atoms. The maximum absolute atomic E-state index is 8.58. The molecule has 0 radical (unpaired) electrons. The quantitative estimate of drug-likeness (QED) is 0.610. The highest BCUT2D eigenvalue weighted by Gasteiger charge is 2.10. The van der Waals surface area contributed by atoms with Crippen molar-refractivity contribution in [2.45, 2.75) is 0 Å². The van der Waals surface area contributed by atoms with Crippen molar-refractivity contribution in [2.24, 2.45) is 0 Å². The predicted octanol–water partition coefficient (Wildman–Crippen LogP) is 0.758. The van der Waals surface area contributed by atoms with Crippen LogP contribution in [0.15, 0.2) is 12.3 Å². The van der Waals surface area contributed by atoms with E-state index in [1.54, 1.807) is 6.07 Å². The number of pyridine rings is 1. The monoisotopic (exact) mass is 161 g/mol. The van der Waals surface area contributed by atoms with E-state index in [-0.39, 0.29) is 0 Å². The zero-order valence-corrected chi connectivity index (χ0v) is 6.37. The molecule has 2 heterocycles. The largest absolute Gasteiger partial charge is 0.474 e. The highest BCUT2D eigenvalue weighted by atomic mass is 16.5. The normalized spacial score (nSPS) is 13.6. The van der Waals surface area contributed by atoms with Crippen molar-refractivity contribution < 1.29 is 4.74 Å². The van der Waals surface area contributed by atoms with E-state index < -0.39 is 0 Å². The first kappa shape index (κ1) is 6.92. The van der Waals surface area contributed by atoms with Crippen LogP contribution in [-0.2, 0) is 0 Å². The Morgan fingerprint density at radius 3 is 3.42 bits per heavy atom. The van der Waals surface area contributed by atoms with Crippen LogP contribution in [0, 0.1) is 11.3 Å². The Morgan fingerprint density at radius 2 is 2.58 bits per heavy atom. The molecule has 0 amide bonds. The molecule has 0 fully saturated rings. The van der Waals surface area contributed by atoms with E-state index in [1.165, 1.54) is 6.20 Å². The molecule has 1 aliphatic heterocycles. The van der Waals surface area contributed by atoms with Gasteiger partial charge in [0.25, 0.3) is 0 Å². The number of hydrogen-bond donors (Lipinski definition) is 1. The molecule has 2 rings (SSSR count). The van der Waals surface area contributed by atoms with Crippen LogP contribution in [0.2, 0.25) is 0 Å². The van der Waals surface area contributed by atoms with Crippen LogP contribution in [-0.4, -0.2) is 18.1 Å². The summed E-state index contributed by atoms with van der Waals surface area (Å²) in [5.41, 5.74) is 1.35. The molecule has 0 unspecified atom stereocenters. The second kappa shape index (κ2) is 2.70. The number of nitrogens with one attached hydrogen (secondary N) is 1. The molecule has 1 aromatic heterocycles. The molecule has 4 heteroatoms. The van der Waals surface area contributed by atoms with Gasteiger partial charge in [-0.05, 0) is 6.07 Å². The first-order chi connectivity index (χ1) is 5.90. The first-order valence-electron chi connectivity index (χ1n) is 3.67. The molecule has 0 spiro atoms. The molecule has 0 aromatic carbocycles. The summed E-state index contributed by atoms with van der Waals surface area (Å²) in [5.74, 6) is 0.584. The Hall–Kier alpha value is -1.76. The second-order valence-corrected chi connectivity index (χ2v) is 2.46. The first-order valence-corrected chi connectivity index (χ1v) is 3.67. The Bertz CT molecular complexity index is 343. The van der Waals surface area contributed by atoms with Crippen molar-refractivity contribution >= 4 is 5.69 Å². The van der Waals surface area contributed by atoms with Crippen LogP contribution in [0.25, 0.3) is 0 Å². The van der Waals surface area contributed by atoms with Gasteiger partial charge >= 0.3 is 0 Å². The lowest BCUT2D eigenvalue weighted by atomic mass is 10.2. The van der Waals surface area contributed by atoms with Crippen LogP contribution in [0.1, 0.15) is 5.56 Å². The summed E-state index contributed by atoms with van der Waals surface area (Å²) in [5, 5.41) is 11.7. The Kier molecular flexibility index (Phi) is 1.56. The van der Waals surface area contributed by atoms with Gasteiger partial charge in [-0.25, -0.2) is 4.98 Å². The maximum atomic E-state index is 8.58. The van der Waals surface area contributed by atoms with E-state index in [2.05, 4.69) is 10.3 Å². The van der Waals surface area contributed by atoms with Gasteiger partial charge in [-0.3, -0.25) is 0 Å². The van der Waals surface area contributed by atoms with E-state index in [0.717, 1.165) is 12.2 Å². The fourth-order valence-corrected chi connectivity index (χ4v) is 1.09. The molecule has 1 N–H and O–H groups in total. The van der Waals surface area contributed by atoms with Gasteiger partial charge < -0.3 is 10.1 Å². The molecule has 0 atom stereocenters. The number of nitrogens with zero attached hydrogens (tertiary/aromatic N) is 2. The highest BCUT2D eigenvalue weighted by molar-refractivity contribution is 5.56. The minimum atomic E-state index is 0.548. The number of anilines is 1. The molecular formula is C8H7N3O. The number of rotatable bonds is 0. The average molecular weight is 161 g/mol. The average Bonchev–Trinajstić information content (AvgIpc) is 2.17. The molecule has 0 bridgehead atoms. The lowest BCUT2D eigenvalue weighted by Crippen LogP contribution is -2.18. The van der Waals surface area contributed by atoms with E-state index in [1.807, 2.05) is 6.07 Å². The third-order valence-electron chi connectivity index (χ3n) is 1.64. The van der Waals surface area contributed by atoms with Crippen molar-refractivity contribution in [1.29, 1.82) is 5.26 Å². The minimum absolute atomic E-state index is 0.548. The van der Waals surface area contributed by atoms with Crippen molar-refractivity contribution in [3.8, 4) is 11.9 Å². The summed E-state index contributed by atoms with van der Waals surface area (Å²) in [6.45, 7) is 1.40. The molecular weight excluding hydrogens is 154 g/mol. The van der Waals surface area contributed by atoms with Gasteiger partial charge in [0.2, 0.25) is 5.88 Å². The van der Waals surface area contributed by atoms with Gasteiger partial charge in [-0.1, -0.05) is 0 Å². The third-order valence-corrected chi connectivity index (χ3v) is 1.64. The second-order valence-electron chi connectivity index (χ2n) is 2.46. The van der Waals surface area contributed by atoms with Crippen molar-refractivity contribution in [3.05, 3.63) is 17.8 Å². The third kappa shape index (κ3) is 1.05. The summed E-state index contributed by atoms with van der Waals surface area (Å²) in [6.07, 6.45) is 1.51. The lowest BCUT2D eigenvalue weighted by molar-refractivity contribution is 0.310. The van der Waals surface area contributed by atoms with Crippen LogP contribution < -0.4 is 10.1 Å². The number of fused-ring (bicyclic) bond motifs is 1. The van der Waals surface area contributed by atoms with Crippen molar-refractivity contribution in [2.75, 3.05) is 18.5 Å². The molecule has 4 nitrogen and oxygen atoms in total. The van der Waals surface area contributed by atoms with Crippen LogP contribution >= 0.6 is 0 Å². The van der Waals surface area contributed by atoms with Gasteiger partial charge in [0.1, 0.15) is 12.7 Å². The van der Waals surface area contributed by atoms with Crippen LogP contribution in [0.3, 0.4) is 0 Å². The Labute approximate surface area is 69.8 Å². The minimum Gasteiger partial charge on any atom is -0.474 e. The summed E-state index contributed by atoms with van der Waals surface area (Å²) in [6, 6.07) is 3.76. The smallest absolute Gasteiger partial charge is 0.237 e. The summed E-state index contributed by atoms with van der Waals surface area (Å²) < 4.78 is 5.24. The number of aromatic nitrogens is 1. The zero-order valence-electron chi connectivity index (χ0n) is 6.37. The van der Waals surface area contributed by atoms with Crippen molar-refractivity contribution in [1.82, 2.24) is 4.98 Å². The molecule has 1 aromatic rings.